The zero-order valence-corrected chi connectivity index (χ0v) is 11.1. The molecule has 1 heterocycles. The van der Waals surface area contributed by atoms with E-state index >= 15 is 0 Å². The van der Waals surface area contributed by atoms with Crippen LogP contribution in [0.15, 0.2) is 18.2 Å². The third-order valence-electron chi connectivity index (χ3n) is 3.63. The quantitative estimate of drug-likeness (QED) is 0.880. The molecule has 0 amide bonds. The Balaban J connectivity index is 2.58. The molecule has 94 valence electrons. The van der Waals surface area contributed by atoms with Crippen molar-refractivity contribution < 1.29 is 4.74 Å². The van der Waals surface area contributed by atoms with E-state index in [1.165, 1.54) is 0 Å². The summed E-state index contributed by atoms with van der Waals surface area (Å²) in [6, 6.07) is 5.79. The van der Waals surface area contributed by atoms with E-state index in [1.54, 1.807) is 0 Å². The smallest absolute Gasteiger partial charge is 0.124 e. The van der Waals surface area contributed by atoms with Gasteiger partial charge in [0.05, 0.1) is 12.1 Å². The number of rotatable bonds is 2. The van der Waals surface area contributed by atoms with Gasteiger partial charge in [-0.2, -0.15) is 0 Å². The molecule has 0 spiro atoms. The lowest BCUT2D eigenvalue weighted by molar-refractivity contribution is 0.147. The van der Waals surface area contributed by atoms with E-state index in [4.69, 9.17) is 22.1 Å². The third-order valence-corrected chi connectivity index (χ3v) is 3.86. The number of benzene rings is 1. The first-order valence-corrected chi connectivity index (χ1v) is 6.28. The number of hydrogen-bond acceptors (Lipinski definition) is 3. The van der Waals surface area contributed by atoms with Crippen LogP contribution in [0.1, 0.15) is 18.4 Å². The first-order chi connectivity index (χ1) is 8.10. The highest BCUT2D eigenvalue weighted by molar-refractivity contribution is 6.30. The maximum Gasteiger partial charge on any atom is 0.124 e. The van der Waals surface area contributed by atoms with E-state index in [0.29, 0.717) is 6.54 Å². The predicted octanol–water partition coefficient (Wildman–Crippen LogP) is 2.23. The fourth-order valence-electron chi connectivity index (χ4n) is 2.53. The highest BCUT2D eigenvalue weighted by Gasteiger charge is 2.37. The Bertz CT molecular complexity index is 408. The molecular formula is C13H19ClN2O. The van der Waals surface area contributed by atoms with Gasteiger partial charge < -0.3 is 10.5 Å². The molecule has 1 aliphatic heterocycles. The minimum Gasteiger partial charge on any atom is -0.493 e. The Morgan fingerprint density at radius 3 is 2.88 bits per heavy atom. The van der Waals surface area contributed by atoms with Crippen LogP contribution in [0.3, 0.4) is 0 Å². The van der Waals surface area contributed by atoms with Crippen molar-refractivity contribution in [2.45, 2.75) is 18.4 Å². The lowest BCUT2D eigenvalue weighted by Gasteiger charge is -2.39. The molecule has 0 radical (unpaired) electrons. The molecule has 1 aliphatic rings. The van der Waals surface area contributed by atoms with E-state index in [9.17, 15) is 0 Å². The van der Waals surface area contributed by atoms with Crippen molar-refractivity contribution >= 4 is 11.6 Å². The van der Waals surface area contributed by atoms with Crippen LogP contribution in [-0.4, -0.2) is 32.1 Å². The normalized spacial score (nSPS) is 24.1. The predicted molar refractivity (Wildman–Crippen MR) is 70.6 cm³/mol. The van der Waals surface area contributed by atoms with Gasteiger partial charge >= 0.3 is 0 Å². The maximum atomic E-state index is 6.10. The van der Waals surface area contributed by atoms with Gasteiger partial charge in [0.15, 0.2) is 0 Å². The molecule has 1 unspecified atom stereocenters. The second-order valence-electron chi connectivity index (χ2n) is 4.72. The zero-order valence-electron chi connectivity index (χ0n) is 10.4. The van der Waals surface area contributed by atoms with Crippen LogP contribution in [-0.2, 0) is 5.54 Å². The van der Waals surface area contributed by atoms with Gasteiger partial charge in [0.25, 0.3) is 0 Å². The fourth-order valence-corrected chi connectivity index (χ4v) is 2.70. The molecule has 2 N–H and O–H groups in total. The Kier molecular flexibility index (Phi) is 3.61. The van der Waals surface area contributed by atoms with E-state index in [2.05, 4.69) is 19.0 Å². The summed E-state index contributed by atoms with van der Waals surface area (Å²) in [7, 11) is 4.12. The van der Waals surface area contributed by atoms with Gasteiger partial charge in [-0.25, -0.2) is 0 Å². The van der Waals surface area contributed by atoms with E-state index in [-0.39, 0.29) is 5.54 Å². The average Bonchev–Trinajstić information content (AvgIpc) is 2.48. The van der Waals surface area contributed by atoms with Gasteiger partial charge in [0.1, 0.15) is 5.75 Å². The Hall–Kier alpha value is -0.770. The van der Waals surface area contributed by atoms with Gasteiger partial charge in [-0.3, -0.25) is 4.90 Å². The summed E-state index contributed by atoms with van der Waals surface area (Å²) in [4.78, 5) is 2.18. The molecule has 0 saturated heterocycles. The Morgan fingerprint density at radius 2 is 2.24 bits per heavy atom. The van der Waals surface area contributed by atoms with Crippen LogP contribution in [0, 0.1) is 0 Å². The molecule has 0 aliphatic carbocycles. The second kappa shape index (κ2) is 4.84. The van der Waals surface area contributed by atoms with E-state index in [1.807, 2.05) is 18.2 Å². The van der Waals surface area contributed by atoms with Crippen LogP contribution in [0.4, 0.5) is 0 Å². The van der Waals surface area contributed by atoms with Crippen molar-refractivity contribution in [3.05, 3.63) is 28.8 Å². The molecule has 1 aromatic rings. The van der Waals surface area contributed by atoms with Crippen molar-refractivity contribution in [1.29, 1.82) is 0 Å². The van der Waals surface area contributed by atoms with Gasteiger partial charge in [-0.1, -0.05) is 11.6 Å². The average molecular weight is 255 g/mol. The number of ether oxygens (including phenoxy) is 1. The minimum absolute atomic E-state index is 0.170. The maximum absolute atomic E-state index is 6.10. The largest absolute Gasteiger partial charge is 0.493 e. The summed E-state index contributed by atoms with van der Waals surface area (Å²) in [5.41, 5.74) is 6.97. The van der Waals surface area contributed by atoms with Crippen LogP contribution in [0.25, 0.3) is 0 Å². The topological polar surface area (TPSA) is 38.5 Å². The number of likely N-dealkylation sites (N-methyl/N-ethyl adjacent to an activating group) is 1. The molecule has 0 fully saturated rings. The van der Waals surface area contributed by atoms with Crippen molar-refractivity contribution in [2.75, 3.05) is 27.2 Å². The lowest BCUT2D eigenvalue weighted by atomic mass is 9.84. The molecule has 3 nitrogen and oxygen atoms in total. The van der Waals surface area contributed by atoms with Gasteiger partial charge in [-0.15, -0.1) is 0 Å². The fraction of sp³-hybridized carbons (Fsp3) is 0.538. The zero-order chi connectivity index (χ0) is 12.5. The summed E-state index contributed by atoms with van der Waals surface area (Å²) in [5.74, 6) is 0.908. The first kappa shape index (κ1) is 12.7. The molecule has 2 rings (SSSR count). The number of fused-ring (bicyclic) bond motifs is 1. The van der Waals surface area contributed by atoms with Crippen LogP contribution >= 0.6 is 11.6 Å². The lowest BCUT2D eigenvalue weighted by Crippen LogP contribution is -2.47. The van der Waals surface area contributed by atoms with Crippen molar-refractivity contribution in [3.8, 4) is 5.75 Å². The van der Waals surface area contributed by atoms with Crippen molar-refractivity contribution in [2.24, 2.45) is 5.73 Å². The summed E-state index contributed by atoms with van der Waals surface area (Å²) >= 11 is 6.10. The Morgan fingerprint density at radius 1 is 1.47 bits per heavy atom. The SMILES string of the molecule is CN(C)C1(CN)CCCOc2ccc(Cl)cc21. The summed E-state index contributed by atoms with van der Waals surface area (Å²) in [5, 5.41) is 0.730. The number of halogens is 1. The van der Waals surface area contributed by atoms with Gasteiger partial charge in [0.2, 0.25) is 0 Å². The Labute approximate surface area is 107 Å². The number of nitrogens with two attached hydrogens (primary N) is 1. The highest BCUT2D eigenvalue weighted by Crippen LogP contribution is 2.40. The van der Waals surface area contributed by atoms with Crippen LogP contribution in [0.5, 0.6) is 5.75 Å². The van der Waals surface area contributed by atoms with Crippen LogP contribution in [0.2, 0.25) is 5.02 Å². The summed E-state index contributed by atoms with van der Waals surface area (Å²) < 4.78 is 5.77. The van der Waals surface area contributed by atoms with Crippen molar-refractivity contribution in [1.82, 2.24) is 4.90 Å². The molecule has 0 aromatic heterocycles. The molecule has 1 aromatic carbocycles. The van der Waals surface area contributed by atoms with E-state index in [0.717, 1.165) is 35.8 Å². The monoisotopic (exact) mass is 254 g/mol. The molecule has 17 heavy (non-hydrogen) atoms. The van der Waals surface area contributed by atoms with Crippen molar-refractivity contribution in [3.63, 3.8) is 0 Å². The molecule has 0 saturated carbocycles. The molecule has 4 heteroatoms. The third kappa shape index (κ3) is 2.15. The summed E-state index contributed by atoms with van der Waals surface area (Å²) in [6.07, 6.45) is 1.99. The molecular weight excluding hydrogens is 236 g/mol. The highest BCUT2D eigenvalue weighted by atomic mass is 35.5. The molecule has 1 atom stereocenters. The summed E-state index contributed by atoms with van der Waals surface area (Å²) in [6.45, 7) is 1.31. The van der Waals surface area contributed by atoms with Gasteiger partial charge in [0, 0.05) is 17.1 Å². The first-order valence-electron chi connectivity index (χ1n) is 5.90. The minimum atomic E-state index is -0.170. The molecule has 0 bridgehead atoms. The van der Waals surface area contributed by atoms with Gasteiger partial charge in [-0.05, 0) is 45.1 Å². The second-order valence-corrected chi connectivity index (χ2v) is 5.16. The van der Waals surface area contributed by atoms with E-state index < -0.39 is 0 Å². The number of nitrogens with zero attached hydrogens (tertiary/aromatic N) is 1. The standard InChI is InChI=1S/C13H19ClN2O/c1-16(2)13(9-15)6-3-7-17-12-5-4-10(14)8-11(12)13/h4-5,8H,3,6-7,9,15H2,1-2H3. The van der Waals surface area contributed by atoms with Crippen LogP contribution < -0.4 is 10.5 Å². The number of hydrogen-bond donors (Lipinski definition) is 1.